The maximum atomic E-state index is 5.47. The fourth-order valence-electron chi connectivity index (χ4n) is 2.55. The van der Waals surface area contributed by atoms with Gasteiger partial charge in [-0.25, -0.2) is 0 Å². The Labute approximate surface area is 135 Å². The van der Waals surface area contributed by atoms with Crippen molar-refractivity contribution in [1.29, 1.82) is 0 Å². The van der Waals surface area contributed by atoms with E-state index in [0.29, 0.717) is 0 Å². The standard InChI is InChI=1S/C18H20N2OS/c1-18(2,13-8-5-4-6-9-13)12-19-17-16-14(21-3)10-7-11-15(16)22-20-17/h4-11H,12H2,1-3H3,(H,19,20). The van der Waals surface area contributed by atoms with Crippen molar-refractivity contribution in [3.63, 3.8) is 0 Å². The Bertz CT molecular complexity index is 765. The van der Waals surface area contributed by atoms with Gasteiger partial charge in [0.2, 0.25) is 0 Å². The Hall–Kier alpha value is -2.07. The molecule has 0 radical (unpaired) electrons. The molecular weight excluding hydrogens is 292 g/mol. The van der Waals surface area contributed by atoms with Gasteiger partial charge in [-0.15, -0.1) is 0 Å². The third-order valence-electron chi connectivity index (χ3n) is 3.93. The van der Waals surface area contributed by atoms with Crippen LogP contribution in [0.3, 0.4) is 0 Å². The molecule has 1 aromatic heterocycles. The van der Waals surface area contributed by atoms with Gasteiger partial charge in [0.05, 0.1) is 17.2 Å². The lowest BCUT2D eigenvalue weighted by Crippen LogP contribution is -2.27. The molecule has 1 N–H and O–H groups in total. The largest absolute Gasteiger partial charge is 0.496 e. The molecule has 0 amide bonds. The van der Waals surface area contributed by atoms with Crippen molar-refractivity contribution >= 4 is 27.4 Å². The number of benzene rings is 2. The first-order valence-corrected chi connectivity index (χ1v) is 8.11. The summed E-state index contributed by atoms with van der Waals surface area (Å²) < 4.78 is 11.2. The van der Waals surface area contributed by atoms with Gasteiger partial charge in [-0.3, -0.25) is 0 Å². The summed E-state index contributed by atoms with van der Waals surface area (Å²) >= 11 is 1.50. The molecule has 114 valence electrons. The molecule has 0 saturated heterocycles. The molecule has 3 nitrogen and oxygen atoms in total. The van der Waals surface area contributed by atoms with Crippen molar-refractivity contribution in [3.05, 3.63) is 54.1 Å². The third kappa shape index (κ3) is 2.79. The first kappa shape index (κ1) is 14.9. The predicted octanol–water partition coefficient (Wildman–Crippen LogP) is 4.69. The summed E-state index contributed by atoms with van der Waals surface area (Å²) in [5.41, 5.74) is 1.34. The summed E-state index contributed by atoms with van der Waals surface area (Å²) in [4.78, 5) is 0. The fourth-order valence-corrected chi connectivity index (χ4v) is 3.32. The van der Waals surface area contributed by atoms with Gasteiger partial charge < -0.3 is 10.1 Å². The van der Waals surface area contributed by atoms with Crippen molar-refractivity contribution in [2.24, 2.45) is 0 Å². The monoisotopic (exact) mass is 312 g/mol. The first-order valence-electron chi connectivity index (χ1n) is 7.33. The molecule has 4 heteroatoms. The summed E-state index contributed by atoms with van der Waals surface area (Å²) in [7, 11) is 1.70. The molecule has 0 aliphatic carbocycles. The second kappa shape index (κ2) is 5.97. The van der Waals surface area contributed by atoms with E-state index in [1.54, 1.807) is 7.11 Å². The smallest absolute Gasteiger partial charge is 0.151 e. The average Bonchev–Trinajstić information content (AvgIpc) is 2.97. The quantitative estimate of drug-likeness (QED) is 0.742. The molecule has 2 aromatic carbocycles. The molecule has 3 aromatic rings. The van der Waals surface area contributed by atoms with Gasteiger partial charge >= 0.3 is 0 Å². The predicted molar refractivity (Wildman–Crippen MR) is 94.1 cm³/mol. The number of hydrogen-bond donors (Lipinski definition) is 1. The van der Waals surface area contributed by atoms with Crippen LogP contribution < -0.4 is 10.1 Å². The lowest BCUT2D eigenvalue weighted by atomic mass is 9.84. The maximum Gasteiger partial charge on any atom is 0.151 e. The molecule has 1 heterocycles. The number of fused-ring (bicyclic) bond motifs is 1. The number of aromatic nitrogens is 1. The Kier molecular flexibility index (Phi) is 4.03. The lowest BCUT2D eigenvalue weighted by Gasteiger charge is -2.25. The zero-order chi connectivity index (χ0) is 15.6. The average molecular weight is 312 g/mol. The molecular formula is C18H20N2OS. The minimum Gasteiger partial charge on any atom is -0.496 e. The van der Waals surface area contributed by atoms with Crippen LogP contribution >= 0.6 is 11.5 Å². The van der Waals surface area contributed by atoms with Crippen molar-refractivity contribution in [3.8, 4) is 5.75 Å². The molecule has 3 rings (SSSR count). The molecule has 0 spiro atoms. The van der Waals surface area contributed by atoms with Crippen LogP contribution in [0.15, 0.2) is 48.5 Å². The highest BCUT2D eigenvalue weighted by Gasteiger charge is 2.21. The van der Waals surface area contributed by atoms with Gasteiger partial charge in [-0.1, -0.05) is 50.2 Å². The highest BCUT2D eigenvalue weighted by atomic mass is 32.1. The summed E-state index contributed by atoms with van der Waals surface area (Å²) in [6.07, 6.45) is 0. The van der Waals surface area contributed by atoms with Crippen molar-refractivity contribution in [2.45, 2.75) is 19.3 Å². The first-order chi connectivity index (χ1) is 10.6. The summed E-state index contributed by atoms with van der Waals surface area (Å²) in [6.45, 7) is 5.29. The van der Waals surface area contributed by atoms with Gasteiger partial charge in [-0.05, 0) is 29.2 Å². The molecule has 0 bridgehead atoms. The number of nitrogens with zero attached hydrogens (tertiary/aromatic N) is 1. The van der Waals surface area contributed by atoms with Gasteiger partial charge in [0.25, 0.3) is 0 Å². The van der Waals surface area contributed by atoms with E-state index >= 15 is 0 Å². The van der Waals surface area contributed by atoms with E-state index in [2.05, 4.69) is 53.9 Å². The van der Waals surface area contributed by atoms with Crippen LogP contribution in [0, 0.1) is 0 Å². The molecule has 22 heavy (non-hydrogen) atoms. The number of rotatable bonds is 5. The molecule has 0 atom stereocenters. The van der Waals surface area contributed by atoms with Gasteiger partial charge in [-0.2, -0.15) is 4.37 Å². The minimum atomic E-state index is 0.0270. The number of anilines is 1. The van der Waals surface area contributed by atoms with Crippen molar-refractivity contribution in [2.75, 3.05) is 19.0 Å². The van der Waals surface area contributed by atoms with E-state index in [9.17, 15) is 0 Å². The molecule has 0 saturated carbocycles. The fraction of sp³-hybridized carbons (Fsp3) is 0.278. The van der Waals surface area contributed by atoms with E-state index in [-0.39, 0.29) is 5.41 Å². The van der Waals surface area contributed by atoms with Crippen LogP contribution in [-0.4, -0.2) is 18.0 Å². The number of hydrogen-bond acceptors (Lipinski definition) is 4. The molecule has 0 aliphatic heterocycles. The Morgan fingerprint density at radius 3 is 2.59 bits per heavy atom. The Morgan fingerprint density at radius 1 is 1.09 bits per heavy atom. The van der Waals surface area contributed by atoms with Gasteiger partial charge in [0.15, 0.2) is 5.82 Å². The Morgan fingerprint density at radius 2 is 1.86 bits per heavy atom. The lowest BCUT2D eigenvalue weighted by molar-refractivity contribution is 0.420. The van der Waals surface area contributed by atoms with Crippen LogP contribution in [0.1, 0.15) is 19.4 Å². The minimum absolute atomic E-state index is 0.0270. The molecule has 0 unspecified atom stereocenters. The van der Waals surface area contributed by atoms with Crippen LogP contribution in [-0.2, 0) is 5.41 Å². The normalized spacial score (nSPS) is 11.6. The van der Waals surface area contributed by atoms with Crippen LogP contribution in [0.2, 0.25) is 0 Å². The molecule has 0 fully saturated rings. The van der Waals surface area contributed by atoms with Crippen LogP contribution in [0.4, 0.5) is 5.82 Å². The molecule has 0 aliphatic rings. The topological polar surface area (TPSA) is 34.1 Å². The van der Waals surface area contributed by atoms with E-state index in [0.717, 1.165) is 28.2 Å². The van der Waals surface area contributed by atoms with E-state index in [1.807, 2.05) is 18.2 Å². The van der Waals surface area contributed by atoms with Crippen LogP contribution in [0.5, 0.6) is 5.75 Å². The summed E-state index contributed by atoms with van der Waals surface area (Å²) in [5, 5.41) is 4.57. The van der Waals surface area contributed by atoms with Gasteiger partial charge in [0, 0.05) is 12.0 Å². The number of ether oxygens (including phenoxy) is 1. The van der Waals surface area contributed by atoms with Gasteiger partial charge in [0.1, 0.15) is 5.75 Å². The van der Waals surface area contributed by atoms with E-state index < -0.39 is 0 Å². The highest BCUT2D eigenvalue weighted by molar-refractivity contribution is 7.13. The second-order valence-corrected chi connectivity index (χ2v) is 6.77. The zero-order valence-electron chi connectivity index (χ0n) is 13.1. The summed E-state index contributed by atoms with van der Waals surface area (Å²) in [6, 6.07) is 16.6. The second-order valence-electron chi connectivity index (χ2n) is 5.97. The van der Waals surface area contributed by atoms with Crippen molar-refractivity contribution < 1.29 is 4.74 Å². The number of nitrogens with one attached hydrogen (secondary N) is 1. The Balaban J connectivity index is 1.85. The highest BCUT2D eigenvalue weighted by Crippen LogP contribution is 2.35. The van der Waals surface area contributed by atoms with Crippen molar-refractivity contribution in [1.82, 2.24) is 4.37 Å². The SMILES string of the molecule is COc1cccc2snc(NCC(C)(C)c3ccccc3)c12. The third-order valence-corrected chi connectivity index (χ3v) is 4.74. The zero-order valence-corrected chi connectivity index (χ0v) is 13.9. The number of methoxy groups -OCH3 is 1. The van der Waals surface area contributed by atoms with Crippen LogP contribution in [0.25, 0.3) is 10.1 Å². The van der Waals surface area contributed by atoms with E-state index in [4.69, 9.17) is 4.74 Å². The van der Waals surface area contributed by atoms with E-state index in [1.165, 1.54) is 17.1 Å². The maximum absolute atomic E-state index is 5.47. The summed E-state index contributed by atoms with van der Waals surface area (Å²) in [5.74, 6) is 1.77.